The summed E-state index contributed by atoms with van der Waals surface area (Å²) in [6, 6.07) is 6.97. The normalized spacial score (nSPS) is 16.8. The van der Waals surface area contributed by atoms with Gasteiger partial charge in [-0.2, -0.15) is 0 Å². The van der Waals surface area contributed by atoms with Crippen LogP contribution in [0.3, 0.4) is 0 Å². The number of hydrogen-bond acceptors (Lipinski definition) is 6. The lowest BCUT2D eigenvalue weighted by atomic mass is 9.83. The van der Waals surface area contributed by atoms with E-state index in [1.54, 1.807) is 18.6 Å². The Labute approximate surface area is 259 Å². The van der Waals surface area contributed by atoms with E-state index >= 15 is 0 Å². The van der Waals surface area contributed by atoms with Crippen LogP contribution in [0.4, 0.5) is 0 Å². The molecular formula is C33H47N7O4. The Morgan fingerprint density at radius 1 is 0.955 bits per heavy atom. The van der Waals surface area contributed by atoms with Gasteiger partial charge in [0.05, 0.1) is 12.4 Å². The third-order valence-corrected chi connectivity index (χ3v) is 8.06. The second-order valence-corrected chi connectivity index (χ2v) is 13.2. The highest BCUT2D eigenvalue weighted by molar-refractivity contribution is 5.92. The van der Waals surface area contributed by atoms with Gasteiger partial charge in [-0.1, -0.05) is 83.2 Å². The van der Waals surface area contributed by atoms with Gasteiger partial charge in [0.15, 0.2) is 0 Å². The monoisotopic (exact) mass is 605 g/mol. The fourth-order valence-electron chi connectivity index (χ4n) is 5.85. The van der Waals surface area contributed by atoms with E-state index in [-0.39, 0.29) is 30.6 Å². The van der Waals surface area contributed by atoms with Crippen molar-refractivity contribution in [1.82, 2.24) is 35.9 Å². The summed E-state index contributed by atoms with van der Waals surface area (Å²) in [5.41, 5.74) is 1.29. The molecule has 1 saturated carbocycles. The molecule has 44 heavy (non-hydrogen) atoms. The van der Waals surface area contributed by atoms with Crippen molar-refractivity contribution >= 4 is 17.7 Å². The fraction of sp³-hybridized carbons (Fsp3) is 0.545. The van der Waals surface area contributed by atoms with E-state index in [1.165, 1.54) is 12.7 Å². The first-order valence-corrected chi connectivity index (χ1v) is 15.7. The van der Waals surface area contributed by atoms with Crippen LogP contribution in [0, 0.1) is 11.3 Å². The first-order chi connectivity index (χ1) is 21.1. The molecule has 11 heteroatoms. The van der Waals surface area contributed by atoms with Crippen molar-refractivity contribution in [1.29, 1.82) is 0 Å². The number of imidazole rings is 2. The Kier molecular flexibility index (Phi) is 11.7. The number of benzene rings is 1. The number of amides is 3. The smallest absolute Gasteiger partial charge is 0.243 e. The largest absolute Gasteiger partial charge is 0.383 e. The molecule has 0 radical (unpaired) electrons. The number of hydrogen-bond donors (Lipinski definition) is 6. The van der Waals surface area contributed by atoms with E-state index in [1.807, 2.05) is 51.1 Å². The molecule has 0 saturated heterocycles. The molecule has 1 aromatic carbocycles. The predicted molar refractivity (Wildman–Crippen MR) is 167 cm³/mol. The number of rotatable bonds is 14. The fourth-order valence-corrected chi connectivity index (χ4v) is 5.85. The van der Waals surface area contributed by atoms with Gasteiger partial charge in [-0.3, -0.25) is 14.4 Å². The van der Waals surface area contributed by atoms with E-state index in [0.29, 0.717) is 23.9 Å². The maximum Gasteiger partial charge on any atom is 0.243 e. The number of carbonyl (C=O) groups excluding carboxylic acids is 3. The summed E-state index contributed by atoms with van der Waals surface area (Å²) in [7, 11) is 0. The van der Waals surface area contributed by atoms with Crippen LogP contribution in [0.25, 0.3) is 0 Å². The second-order valence-electron chi connectivity index (χ2n) is 13.2. The maximum absolute atomic E-state index is 13.9. The molecular weight excluding hydrogens is 558 g/mol. The number of aliphatic hydroxyl groups excluding tert-OH is 1. The van der Waals surface area contributed by atoms with Crippen molar-refractivity contribution in [3.8, 4) is 0 Å². The molecule has 0 bridgehead atoms. The van der Waals surface area contributed by atoms with E-state index in [0.717, 1.165) is 31.2 Å². The van der Waals surface area contributed by atoms with Gasteiger partial charge in [0.2, 0.25) is 17.7 Å². The molecule has 2 aromatic heterocycles. The van der Waals surface area contributed by atoms with Crippen molar-refractivity contribution in [2.75, 3.05) is 0 Å². The molecule has 4 rings (SSSR count). The van der Waals surface area contributed by atoms with Crippen LogP contribution in [0.15, 0.2) is 55.2 Å². The number of carbonyl (C=O) groups is 3. The van der Waals surface area contributed by atoms with Crippen LogP contribution < -0.4 is 16.0 Å². The zero-order valence-electron chi connectivity index (χ0n) is 26.0. The quantitative estimate of drug-likeness (QED) is 0.165. The van der Waals surface area contributed by atoms with Crippen LogP contribution in [0.2, 0.25) is 0 Å². The Morgan fingerprint density at radius 3 is 2.30 bits per heavy atom. The van der Waals surface area contributed by atoms with Gasteiger partial charge in [-0.05, 0) is 23.3 Å². The van der Waals surface area contributed by atoms with Gasteiger partial charge in [0.1, 0.15) is 24.0 Å². The molecule has 3 amide bonds. The zero-order valence-corrected chi connectivity index (χ0v) is 26.0. The Bertz CT molecular complexity index is 1300. The highest BCUT2D eigenvalue weighted by Crippen LogP contribution is 2.30. The molecule has 11 nitrogen and oxygen atoms in total. The molecule has 1 aliphatic rings. The van der Waals surface area contributed by atoms with Crippen LogP contribution in [0.1, 0.15) is 88.9 Å². The molecule has 4 atom stereocenters. The molecule has 2 heterocycles. The summed E-state index contributed by atoms with van der Waals surface area (Å²) in [4.78, 5) is 55.0. The third-order valence-electron chi connectivity index (χ3n) is 8.06. The van der Waals surface area contributed by atoms with E-state index in [4.69, 9.17) is 0 Å². The number of H-pyrrole nitrogens is 2. The lowest BCUT2D eigenvalue weighted by Crippen LogP contribution is -2.57. The molecule has 3 aromatic rings. The molecule has 1 fully saturated rings. The first-order valence-electron chi connectivity index (χ1n) is 15.7. The van der Waals surface area contributed by atoms with Gasteiger partial charge in [0.25, 0.3) is 0 Å². The van der Waals surface area contributed by atoms with E-state index in [9.17, 15) is 19.5 Å². The summed E-state index contributed by atoms with van der Waals surface area (Å²) in [5.74, 6) is -0.389. The molecule has 1 aliphatic carbocycles. The number of nitrogens with zero attached hydrogens (tertiary/aromatic N) is 2. The number of aromatic nitrogens is 4. The Morgan fingerprint density at radius 2 is 1.66 bits per heavy atom. The average Bonchev–Trinajstić information content (AvgIpc) is 3.71. The summed E-state index contributed by atoms with van der Waals surface area (Å²) in [5, 5.41) is 20.1. The van der Waals surface area contributed by atoms with E-state index < -0.39 is 36.0 Å². The molecule has 6 N–H and O–H groups in total. The number of aromatic amines is 2. The second kappa shape index (κ2) is 15.7. The molecule has 0 unspecified atom stereocenters. The number of aliphatic hydroxyl groups is 1. The minimum absolute atomic E-state index is 0.151. The van der Waals surface area contributed by atoms with Crippen LogP contribution >= 0.6 is 0 Å². The number of nitrogens with one attached hydrogen (secondary N) is 5. The van der Waals surface area contributed by atoms with Crippen LogP contribution in [-0.4, -0.2) is 60.9 Å². The van der Waals surface area contributed by atoms with Crippen molar-refractivity contribution in [2.24, 2.45) is 11.3 Å². The van der Waals surface area contributed by atoms with Gasteiger partial charge in [-0.25, -0.2) is 9.97 Å². The van der Waals surface area contributed by atoms with Crippen molar-refractivity contribution in [3.63, 3.8) is 0 Å². The van der Waals surface area contributed by atoms with Gasteiger partial charge < -0.3 is 31.0 Å². The SMILES string of the molecule is CC(C)(C)CC(=O)N[C@@H](Cc1ccccc1)C(=O)N[C@@H](Cc1cnc[nH]1)C(=O)N[C@@H](CC1CCCCC1)[C@@H](O)c1ncc[nH]1. The van der Waals surface area contributed by atoms with Gasteiger partial charge in [-0.15, -0.1) is 0 Å². The first kappa shape index (κ1) is 32.9. The highest BCUT2D eigenvalue weighted by atomic mass is 16.3. The summed E-state index contributed by atoms with van der Waals surface area (Å²) < 4.78 is 0. The van der Waals surface area contributed by atoms with Crippen LogP contribution in [0.5, 0.6) is 0 Å². The maximum atomic E-state index is 13.9. The highest BCUT2D eigenvalue weighted by Gasteiger charge is 2.33. The summed E-state index contributed by atoms with van der Waals surface area (Å²) >= 11 is 0. The topological polar surface area (TPSA) is 165 Å². The summed E-state index contributed by atoms with van der Waals surface area (Å²) in [6.07, 6.45) is 12.1. The van der Waals surface area contributed by atoms with Gasteiger partial charge >= 0.3 is 0 Å². The lowest BCUT2D eigenvalue weighted by Gasteiger charge is -2.31. The van der Waals surface area contributed by atoms with Crippen molar-refractivity contribution in [3.05, 3.63) is 72.3 Å². The van der Waals surface area contributed by atoms with Crippen molar-refractivity contribution in [2.45, 2.75) is 103 Å². The minimum Gasteiger partial charge on any atom is -0.383 e. The Balaban J connectivity index is 1.54. The lowest BCUT2D eigenvalue weighted by molar-refractivity contribution is -0.133. The standard InChI is InChI=1S/C33H47N7O4/c1-33(2,3)19-28(41)38-26(17-23-12-8-5-9-13-23)31(43)40-27(18-24-20-34-21-37-24)32(44)39-25(16-22-10-6-4-7-11-22)29(42)30-35-14-15-36-30/h5,8-9,12-15,20-22,25-27,29,42H,4,6-7,10-11,16-19H2,1-3H3,(H,34,37)(H,35,36)(H,38,41)(H,39,44)(H,40,43)/t25-,26-,27-,29+/m0/s1. The third kappa shape index (κ3) is 10.3. The zero-order chi connectivity index (χ0) is 31.5. The minimum atomic E-state index is -1.04. The van der Waals surface area contributed by atoms with Crippen molar-refractivity contribution < 1.29 is 19.5 Å². The molecule has 0 spiro atoms. The van der Waals surface area contributed by atoms with Gasteiger partial charge in [0, 0.05) is 43.5 Å². The molecule has 238 valence electrons. The Hall–Kier alpha value is -3.99. The van der Waals surface area contributed by atoms with Crippen LogP contribution in [-0.2, 0) is 27.2 Å². The predicted octanol–water partition coefficient (Wildman–Crippen LogP) is 3.51. The van der Waals surface area contributed by atoms with E-state index in [2.05, 4.69) is 35.9 Å². The summed E-state index contributed by atoms with van der Waals surface area (Å²) in [6.45, 7) is 5.89. The average molecular weight is 606 g/mol. The molecule has 0 aliphatic heterocycles.